The van der Waals surface area contributed by atoms with Crippen molar-refractivity contribution in [3.05, 3.63) is 0 Å². The summed E-state index contributed by atoms with van der Waals surface area (Å²) < 4.78 is 5.44. The Balaban J connectivity index is 1.90. The Bertz CT molecular complexity index is 300. The number of likely N-dealkylation sites (N-methyl/N-ethyl adjacent to an activating group) is 1. The first-order valence-electron chi connectivity index (χ1n) is 6.94. The number of rotatable bonds is 5. The van der Waals surface area contributed by atoms with Crippen LogP contribution in [0, 0.1) is 0 Å². The zero-order valence-corrected chi connectivity index (χ0v) is 12.8. The van der Waals surface area contributed by atoms with Gasteiger partial charge in [0, 0.05) is 30.9 Å². The molecule has 0 aromatic heterocycles. The summed E-state index contributed by atoms with van der Waals surface area (Å²) in [6, 6.07) is 0. The van der Waals surface area contributed by atoms with E-state index in [9.17, 15) is 4.79 Å². The van der Waals surface area contributed by atoms with Crippen molar-refractivity contribution in [2.24, 2.45) is 0 Å². The molecule has 2 aliphatic heterocycles. The van der Waals surface area contributed by atoms with Gasteiger partial charge in [-0.1, -0.05) is 0 Å². The first-order valence-corrected chi connectivity index (χ1v) is 8.10. The SMILES string of the molecule is CN(C)CC(=O)NC[C@@]1(N2CCOCC2)CCSC1. The van der Waals surface area contributed by atoms with E-state index in [2.05, 4.69) is 10.2 Å². The molecule has 19 heavy (non-hydrogen) atoms. The third-order valence-electron chi connectivity index (χ3n) is 3.84. The molecule has 6 heteroatoms. The van der Waals surface area contributed by atoms with Gasteiger partial charge in [-0.15, -0.1) is 0 Å². The van der Waals surface area contributed by atoms with Crippen LogP contribution in [0.2, 0.25) is 0 Å². The first kappa shape index (κ1) is 15.1. The summed E-state index contributed by atoms with van der Waals surface area (Å²) in [6.45, 7) is 4.85. The zero-order valence-electron chi connectivity index (χ0n) is 12.0. The van der Waals surface area contributed by atoms with Gasteiger partial charge >= 0.3 is 0 Å². The van der Waals surface area contributed by atoms with Gasteiger partial charge in [0.15, 0.2) is 0 Å². The van der Waals surface area contributed by atoms with Gasteiger partial charge < -0.3 is 15.0 Å². The van der Waals surface area contributed by atoms with Crippen molar-refractivity contribution in [2.75, 3.05) is 65.0 Å². The molecule has 5 nitrogen and oxygen atoms in total. The Hall–Kier alpha value is -0.300. The number of hydrogen-bond acceptors (Lipinski definition) is 5. The summed E-state index contributed by atoms with van der Waals surface area (Å²) in [5, 5.41) is 3.12. The Labute approximate surface area is 120 Å². The summed E-state index contributed by atoms with van der Waals surface area (Å²) in [4.78, 5) is 16.3. The fourth-order valence-corrected chi connectivity index (χ4v) is 4.22. The van der Waals surface area contributed by atoms with Gasteiger partial charge in [0.1, 0.15) is 0 Å². The van der Waals surface area contributed by atoms with Crippen molar-refractivity contribution >= 4 is 17.7 Å². The predicted molar refractivity (Wildman–Crippen MR) is 78.6 cm³/mol. The summed E-state index contributed by atoms with van der Waals surface area (Å²) in [5.74, 6) is 2.44. The second-order valence-electron chi connectivity index (χ2n) is 5.64. The maximum Gasteiger partial charge on any atom is 0.234 e. The van der Waals surface area contributed by atoms with E-state index in [1.165, 1.54) is 12.2 Å². The minimum atomic E-state index is 0.120. The molecule has 2 fully saturated rings. The van der Waals surface area contributed by atoms with E-state index in [4.69, 9.17) is 4.74 Å². The normalized spacial score (nSPS) is 28.8. The van der Waals surface area contributed by atoms with Crippen LogP contribution in [0.4, 0.5) is 0 Å². The summed E-state index contributed by atoms with van der Waals surface area (Å²) in [7, 11) is 3.84. The van der Waals surface area contributed by atoms with E-state index in [0.29, 0.717) is 6.54 Å². The first-order chi connectivity index (χ1) is 9.12. The highest BCUT2D eigenvalue weighted by Crippen LogP contribution is 2.33. The third-order valence-corrected chi connectivity index (χ3v) is 5.07. The molecule has 2 rings (SSSR count). The van der Waals surface area contributed by atoms with Crippen LogP contribution in [-0.2, 0) is 9.53 Å². The topological polar surface area (TPSA) is 44.8 Å². The van der Waals surface area contributed by atoms with Crippen LogP contribution in [0.5, 0.6) is 0 Å². The van der Waals surface area contributed by atoms with Crippen LogP contribution in [0.1, 0.15) is 6.42 Å². The highest BCUT2D eigenvalue weighted by atomic mass is 32.2. The molecule has 110 valence electrons. The number of nitrogens with zero attached hydrogens (tertiary/aromatic N) is 2. The fourth-order valence-electron chi connectivity index (χ4n) is 2.74. The molecule has 0 aliphatic carbocycles. The molecule has 1 atom stereocenters. The minimum Gasteiger partial charge on any atom is -0.379 e. The lowest BCUT2D eigenvalue weighted by atomic mass is 9.95. The van der Waals surface area contributed by atoms with Crippen molar-refractivity contribution in [1.29, 1.82) is 0 Å². The average molecular weight is 287 g/mol. The standard InChI is InChI=1S/C13H25N3O2S/c1-15(2)9-12(17)14-10-13(3-8-19-11-13)16-4-6-18-7-5-16/h3-11H2,1-2H3,(H,14,17)/t13-/m0/s1. The lowest BCUT2D eigenvalue weighted by Gasteiger charge is -2.43. The summed E-state index contributed by atoms with van der Waals surface area (Å²) in [5.41, 5.74) is 0.149. The molecule has 0 aromatic rings. The second-order valence-corrected chi connectivity index (χ2v) is 6.75. The number of amides is 1. The molecule has 2 saturated heterocycles. The molecule has 0 radical (unpaired) electrons. The minimum absolute atomic E-state index is 0.120. The zero-order chi connectivity index (χ0) is 13.7. The molecule has 0 saturated carbocycles. The summed E-state index contributed by atoms with van der Waals surface area (Å²) in [6.07, 6.45) is 1.17. The number of carbonyl (C=O) groups excluding carboxylic acids is 1. The van der Waals surface area contributed by atoms with Crippen molar-refractivity contribution in [2.45, 2.75) is 12.0 Å². The van der Waals surface area contributed by atoms with Gasteiger partial charge in [0.25, 0.3) is 0 Å². The average Bonchev–Trinajstić information content (AvgIpc) is 2.87. The van der Waals surface area contributed by atoms with Crippen LogP contribution in [0.3, 0.4) is 0 Å². The number of thioether (sulfide) groups is 1. The van der Waals surface area contributed by atoms with Crippen LogP contribution in [0.25, 0.3) is 0 Å². The number of morpholine rings is 1. The van der Waals surface area contributed by atoms with E-state index < -0.39 is 0 Å². The predicted octanol–water partition coefficient (Wildman–Crippen LogP) is -0.128. The Morgan fingerprint density at radius 2 is 2.16 bits per heavy atom. The van der Waals surface area contributed by atoms with Crippen LogP contribution >= 0.6 is 11.8 Å². The highest BCUT2D eigenvalue weighted by Gasteiger charge is 2.40. The molecule has 1 amide bonds. The largest absolute Gasteiger partial charge is 0.379 e. The van der Waals surface area contributed by atoms with Gasteiger partial charge in [0.2, 0.25) is 5.91 Å². The van der Waals surface area contributed by atoms with Crippen molar-refractivity contribution < 1.29 is 9.53 Å². The van der Waals surface area contributed by atoms with E-state index in [1.807, 2.05) is 30.8 Å². The molecule has 0 unspecified atom stereocenters. The van der Waals surface area contributed by atoms with Crippen LogP contribution < -0.4 is 5.32 Å². The second kappa shape index (κ2) is 6.92. The smallest absolute Gasteiger partial charge is 0.234 e. The molecule has 0 spiro atoms. The molecule has 1 N–H and O–H groups in total. The fraction of sp³-hybridized carbons (Fsp3) is 0.923. The van der Waals surface area contributed by atoms with Gasteiger partial charge in [-0.05, 0) is 26.3 Å². The molecule has 2 heterocycles. The van der Waals surface area contributed by atoms with E-state index in [-0.39, 0.29) is 11.4 Å². The quantitative estimate of drug-likeness (QED) is 0.763. The number of hydrogen-bond donors (Lipinski definition) is 1. The Morgan fingerprint density at radius 1 is 1.42 bits per heavy atom. The van der Waals surface area contributed by atoms with E-state index >= 15 is 0 Å². The van der Waals surface area contributed by atoms with Crippen molar-refractivity contribution in [1.82, 2.24) is 15.1 Å². The maximum absolute atomic E-state index is 11.8. The number of carbonyl (C=O) groups is 1. The third kappa shape index (κ3) is 4.08. The van der Waals surface area contributed by atoms with Crippen molar-refractivity contribution in [3.63, 3.8) is 0 Å². The summed E-state index contributed by atoms with van der Waals surface area (Å²) >= 11 is 2.00. The van der Waals surface area contributed by atoms with Gasteiger partial charge in [-0.3, -0.25) is 9.69 Å². The monoisotopic (exact) mass is 287 g/mol. The molecular weight excluding hydrogens is 262 g/mol. The van der Waals surface area contributed by atoms with Gasteiger partial charge in [-0.25, -0.2) is 0 Å². The molecule has 2 aliphatic rings. The Morgan fingerprint density at radius 3 is 2.74 bits per heavy atom. The molecule has 0 bridgehead atoms. The lowest BCUT2D eigenvalue weighted by Crippen LogP contribution is -2.59. The lowest BCUT2D eigenvalue weighted by molar-refractivity contribution is -0.122. The highest BCUT2D eigenvalue weighted by molar-refractivity contribution is 7.99. The van der Waals surface area contributed by atoms with E-state index in [1.54, 1.807) is 0 Å². The van der Waals surface area contributed by atoms with E-state index in [0.717, 1.165) is 38.6 Å². The van der Waals surface area contributed by atoms with Crippen LogP contribution in [0.15, 0.2) is 0 Å². The Kier molecular flexibility index (Phi) is 5.50. The number of ether oxygens (including phenoxy) is 1. The molecule has 0 aromatic carbocycles. The maximum atomic E-state index is 11.8. The number of nitrogens with one attached hydrogen (secondary N) is 1. The molecular formula is C13H25N3O2S. The van der Waals surface area contributed by atoms with Gasteiger partial charge in [0.05, 0.1) is 19.8 Å². The van der Waals surface area contributed by atoms with Crippen molar-refractivity contribution in [3.8, 4) is 0 Å². The van der Waals surface area contributed by atoms with Crippen LogP contribution in [-0.4, -0.2) is 86.2 Å². The van der Waals surface area contributed by atoms with Gasteiger partial charge in [-0.2, -0.15) is 11.8 Å².